The largest absolute Gasteiger partial charge is 0.396 e. The molecule has 16 heavy (non-hydrogen) atoms. The quantitative estimate of drug-likeness (QED) is 0.775. The van der Waals surface area contributed by atoms with Crippen molar-refractivity contribution in [3.05, 3.63) is 35.4 Å². The van der Waals surface area contributed by atoms with Crippen LogP contribution < -0.4 is 5.73 Å². The smallest absolute Gasteiger partial charge is 0.0431 e. The lowest BCUT2D eigenvalue weighted by Crippen LogP contribution is -2.33. The number of aryl methyl sites for hydroxylation is 1. The predicted octanol–water partition coefficient (Wildman–Crippen LogP) is 2.59. The molecule has 2 heteroatoms. The van der Waals surface area contributed by atoms with Gasteiger partial charge in [0.15, 0.2) is 0 Å². The van der Waals surface area contributed by atoms with Crippen LogP contribution in [-0.4, -0.2) is 11.7 Å². The Labute approximate surface area is 98.5 Å². The maximum Gasteiger partial charge on any atom is 0.0431 e. The molecule has 2 nitrogen and oxygen atoms in total. The third kappa shape index (κ3) is 3.62. The monoisotopic (exact) mass is 221 g/mol. The Balaban J connectivity index is 2.71. The van der Waals surface area contributed by atoms with Gasteiger partial charge in [-0.15, -0.1) is 0 Å². The van der Waals surface area contributed by atoms with Crippen LogP contribution in [0.15, 0.2) is 24.3 Å². The van der Waals surface area contributed by atoms with Crippen molar-refractivity contribution in [1.29, 1.82) is 0 Å². The van der Waals surface area contributed by atoms with Crippen LogP contribution in [0.25, 0.3) is 0 Å². The van der Waals surface area contributed by atoms with E-state index >= 15 is 0 Å². The van der Waals surface area contributed by atoms with E-state index in [1.54, 1.807) is 0 Å². The maximum absolute atomic E-state index is 8.84. The van der Waals surface area contributed by atoms with Gasteiger partial charge in [0.2, 0.25) is 0 Å². The molecule has 0 fully saturated rings. The average Bonchev–Trinajstić information content (AvgIpc) is 2.28. The van der Waals surface area contributed by atoms with Crippen LogP contribution in [-0.2, 0) is 12.0 Å². The Morgan fingerprint density at radius 3 is 2.38 bits per heavy atom. The van der Waals surface area contributed by atoms with Gasteiger partial charge in [-0.3, -0.25) is 0 Å². The van der Waals surface area contributed by atoms with Gasteiger partial charge in [-0.25, -0.2) is 0 Å². The molecule has 0 saturated carbocycles. The zero-order valence-corrected chi connectivity index (χ0v) is 10.4. The van der Waals surface area contributed by atoms with E-state index in [2.05, 4.69) is 31.2 Å². The van der Waals surface area contributed by atoms with Crippen molar-refractivity contribution in [2.24, 2.45) is 5.73 Å². The number of aliphatic hydroxyl groups is 1. The summed E-state index contributed by atoms with van der Waals surface area (Å²) in [6, 6.07) is 8.54. The molecule has 0 bridgehead atoms. The second-order valence-electron chi connectivity index (χ2n) is 4.69. The minimum atomic E-state index is -0.326. The van der Waals surface area contributed by atoms with Gasteiger partial charge in [0, 0.05) is 12.1 Å². The molecule has 0 aliphatic rings. The summed E-state index contributed by atoms with van der Waals surface area (Å²) in [5.74, 6) is 0. The Bertz CT molecular complexity index is 303. The molecular formula is C14H23NO. The van der Waals surface area contributed by atoms with Gasteiger partial charge in [-0.05, 0) is 37.3 Å². The van der Waals surface area contributed by atoms with Crippen LogP contribution in [0.1, 0.15) is 44.2 Å². The average molecular weight is 221 g/mol. The van der Waals surface area contributed by atoms with Gasteiger partial charge in [-0.1, -0.05) is 37.6 Å². The molecule has 1 aromatic rings. The molecule has 0 saturated heterocycles. The van der Waals surface area contributed by atoms with Gasteiger partial charge in [0.1, 0.15) is 0 Å². The molecule has 1 unspecified atom stereocenters. The summed E-state index contributed by atoms with van der Waals surface area (Å²) >= 11 is 0. The number of nitrogens with two attached hydrogens (primary N) is 1. The zero-order chi connectivity index (χ0) is 12.0. The van der Waals surface area contributed by atoms with Gasteiger partial charge in [0.25, 0.3) is 0 Å². The fraction of sp³-hybridized carbons (Fsp3) is 0.571. The third-order valence-electron chi connectivity index (χ3n) is 3.01. The molecule has 0 aromatic heterocycles. The van der Waals surface area contributed by atoms with Crippen molar-refractivity contribution in [2.75, 3.05) is 6.61 Å². The van der Waals surface area contributed by atoms with Crippen molar-refractivity contribution >= 4 is 0 Å². The van der Waals surface area contributed by atoms with E-state index in [9.17, 15) is 0 Å². The summed E-state index contributed by atoms with van der Waals surface area (Å²) in [6.45, 7) is 4.42. The summed E-state index contributed by atoms with van der Waals surface area (Å²) in [5, 5.41) is 8.84. The maximum atomic E-state index is 8.84. The SMILES string of the molecule is CCCc1ccc(C(C)(N)CCCO)cc1. The number of aliphatic hydroxyl groups excluding tert-OH is 1. The van der Waals surface area contributed by atoms with Crippen molar-refractivity contribution in [2.45, 2.75) is 45.1 Å². The molecule has 0 aliphatic carbocycles. The van der Waals surface area contributed by atoms with Crippen molar-refractivity contribution in [3.63, 3.8) is 0 Å². The molecule has 0 heterocycles. The van der Waals surface area contributed by atoms with E-state index in [-0.39, 0.29) is 12.1 Å². The summed E-state index contributed by atoms with van der Waals surface area (Å²) < 4.78 is 0. The Morgan fingerprint density at radius 2 is 1.88 bits per heavy atom. The number of hydrogen-bond acceptors (Lipinski definition) is 2. The molecule has 0 aliphatic heterocycles. The van der Waals surface area contributed by atoms with E-state index in [0.29, 0.717) is 0 Å². The summed E-state index contributed by atoms with van der Waals surface area (Å²) in [5.41, 5.74) is 8.43. The predicted molar refractivity (Wildman–Crippen MR) is 68.3 cm³/mol. The normalized spacial score (nSPS) is 14.8. The minimum absolute atomic E-state index is 0.209. The standard InChI is InChI=1S/C14H23NO/c1-3-5-12-6-8-13(9-7-12)14(2,15)10-4-11-16/h6-9,16H,3-5,10-11,15H2,1-2H3. The van der Waals surface area contributed by atoms with Crippen molar-refractivity contribution < 1.29 is 5.11 Å². The molecule has 0 radical (unpaired) electrons. The van der Waals surface area contributed by atoms with Crippen LogP contribution in [0.5, 0.6) is 0 Å². The lowest BCUT2D eigenvalue weighted by Gasteiger charge is -2.25. The molecular weight excluding hydrogens is 198 g/mol. The van der Waals surface area contributed by atoms with Crippen LogP contribution >= 0.6 is 0 Å². The van der Waals surface area contributed by atoms with Gasteiger partial charge >= 0.3 is 0 Å². The van der Waals surface area contributed by atoms with E-state index in [1.165, 1.54) is 12.0 Å². The van der Waals surface area contributed by atoms with Crippen molar-refractivity contribution in [3.8, 4) is 0 Å². The molecule has 1 rings (SSSR count). The van der Waals surface area contributed by atoms with Crippen LogP contribution in [0.4, 0.5) is 0 Å². The highest BCUT2D eigenvalue weighted by Crippen LogP contribution is 2.23. The minimum Gasteiger partial charge on any atom is -0.396 e. The molecule has 0 spiro atoms. The number of benzene rings is 1. The highest BCUT2D eigenvalue weighted by Gasteiger charge is 2.19. The first-order chi connectivity index (χ1) is 7.60. The van der Waals surface area contributed by atoms with E-state index in [1.807, 2.05) is 6.92 Å². The first kappa shape index (κ1) is 13.2. The Morgan fingerprint density at radius 1 is 1.25 bits per heavy atom. The third-order valence-corrected chi connectivity index (χ3v) is 3.01. The lowest BCUT2D eigenvalue weighted by molar-refractivity contribution is 0.265. The van der Waals surface area contributed by atoms with Gasteiger partial charge in [0.05, 0.1) is 0 Å². The van der Waals surface area contributed by atoms with E-state index in [0.717, 1.165) is 24.8 Å². The second kappa shape index (κ2) is 6.02. The molecule has 90 valence electrons. The van der Waals surface area contributed by atoms with Crippen LogP contribution in [0, 0.1) is 0 Å². The lowest BCUT2D eigenvalue weighted by atomic mass is 9.88. The van der Waals surface area contributed by atoms with E-state index < -0.39 is 0 Å². The fourth-order valence-electron chi connectivity index (χ4n) is 1.93. The van der Waals surface area contributed by atoms with Gasteiger partial charge < -0.3 is 10.8 Å². The Kier molecular flexibility index (Phi) is 4.97. The van der Waals surface area contributed by atoms with Crippen molar-refractivity contribution in [1.82, 2.24) is 0 Å². The zero-order valence-electron chi connectivity index (χ0n) is 10.4. The number of rotatable bonds is 6. The fourth-order valence-corrected chi connectivity index (χ4v) is 1.93. The van der Waals surface area contributed by atoms with Crippen LogP contribution in [0.2, 0.25) is 0 Å². The summed E-state index contributed by atoms with van der Waals surface area (Å²) in [4.78, 5) is 0. The Hall–Kier alpha value is -0.860. The topological polar surface area (TPSA) is 46.2 Å². The number of hydrogen-bond donors (Lipinski definition) is 2. The molecule has 0 amide bonds. The van der Waals surface area contributed by atoms with Gasteiger partial charge in [-0.2, -0.15) is 0 Å². The molecule has 1 atom stereocenters. The summed E-state index contributed by atoms with van der Waals surface area (Å²) in [6.07, 6.45) is 3.86. The molecule has 3 N–H and O–H groups in total. The first-order valence-corrected chi connectivity index (χ1v) is 6.09. The van der Waals surface area contributed by atoms with Crippen LogP contribution in [0.3, 0.4) is 0 Å². The first-order valence-electron chi connectivity index (χ1n) is 6.09. The highest BCUT2D eigenvalue weighted by molar-refractivity contribution is 5.27. The highest BCUT2D eigenvalue weighted by atomic mass is 16.2. The molecule has 1 aromatic carbocycles. The van der Waals surface area contributed by atoms with E-state index in [4.69, 9.17) is 10.8 Å². The summed E-state index contributed by atoms with van der Waals surface area (Å²) in [7, 11) is 0. The second-order valence-corrected chi connectivity index (χ2v) is 4.69.